The normalized spacial score (nSPS) is 18.9. The third kappa shape index (κ3) is 2.88. The van der Waals surface area contributed by atoms with Crippen molar-refractivity contribution < 1.29 is 0 Å². The Hall–Kier alpha value is -1.74. The lowest BCUT2D eigenvalue weighted by molar-refractivity contribution is 0.447. The molecule has 1 unspecified atom stereocenters. The zero-order chi connectivity index (χ0) is 13.8. The highest BCUT2D eigenvalue weighted by Gasteiger charge is 2.18. The van der Waals surface area contributed by atoms with E-state index in [1.54, 1.807) is 0 Å². The van der Waals surface area contributed by atoms with Crippen molar-refractivity contribution in [3.05, 3.63) is 47.9 Å². The lowest BCUT2D eigenvalue weighted by atomic mass is 9.98. The summed E-state index contributed by atoms with van der Waals surface area (Å²) in [5.74, 6) is 1.44. The summed E-state index contributed by atoms with van der Waals surface area (Å²) in [4.78, 5) is 9.24. The third-order valence-corrected chi connectivity index (χ3v) is 3.99. The molecule has 0 radical (unpaired) electrons. The Bertz CT molecular complexity index is 557. The first-order valence-corrected chi connectivity index (χ1v) is 7.50. The Morgan fingerprint density at radius 3 is 2.75 bits per heavy atom. The number of nitrogens with one attached hydrogen (secondary N) is 1. The molecule has 1 atom stereocenters. The molecule has 3 rings (SSSR count). The summed E-state index contributed by atoms with van der Waals surface area (Å²) >= 11 is 0. The van der Waals surface area contributed by atoms with Gasteiger partial charge in [0.25, 0.3) is 0 Å². The van der Waals surface area contributed by atoms with E-state index in [2.05, 4.69) is 41.5 Å². The van der Waals surface area contributed by atoms with Crippen LogP contribution in [0.25, 0.3) is 11.3 Å². The van der Waals surface area contributed by atoms with Crippen LogP contribution in [-0.4, -0.2) is 23.1 Å². The van der Waals surface area contributed by atoms with Crippen molar-refractivity contribution in [2.75, 3.05) is 13.1 Å². The highest BCUT2D eigenvalue weighted by atomic mass is 14.9. The van der Waals surface area contributed by atoms with Gasteiger partial charge in [0.05, 0.1) is 5.69 Å². The summed E-state index contributed by atoms with van der Waals surface area (Å²) in [5.41, 5.74) is 3.57. The first-order chi connectivity index (χ1) is 9.86. The Kier molecular flexibility index (Phi) is 4.07. The molecule has 1 aromatic heterocycles. The van der Waals surface area contributed by atoms with Gasteiger partial charge in [0.2, 0.25) is 0 Å². The van der Waals surface area contributed by atoms with Crippen LogP contribution in [0.2, 0.25) is 0 Å². The van der Waals surface area contributed by atoms with E-state index in [0.717, 1.165) is 31.0 Å². The molecule has 1 fully saturated rings. The van der Waals surface area contributed by atoms with Crippen LogP contribution in [0.1, 0.15) is 37.1 Å². The molecule has 0 amide bonds. The molecule has 0 aliphatic carbocycles. The molecule has 0 saturated carbocycles. The Labute approximate surface area is 120 Å². The molecule has 1 saturated heterocycles. The van der Waals surface area contributed by atoms with Crippen LogP contribution in [0.3, 0.4) is 0 Å². The van der Waals surface area contributed by atoms with Crippen molar-refractivity contribution >= 4 is 0 Å². The number of piperidine rings is 1. The number of rotatable bonds is 3. The Balaban J connectivity index is 1.85. The summed E-state index contributed by atoms with van der Waals surface area (Å²) < 4.78 is 0. The Morgan fingerprint density at radius 1 is 1.20 bits per heavy atom. The predicted octanol–water partition coefficient (Wildman–Crippen LogP) is 3.17. The van der Waals surface area contributed by atoms with E-state index in [1.807, 2.05) is 12.3 Å². The summed E-state index contributed by atoms with van der Waals surface area (Å²) in [5, 5.41) is 3.43. The van der Waals surface area contributed by atoms with Crippen molar-refractivity contribution in [1.82, 2.24) is 15.3 Å². The molecule has 3 nitrogen and oxygen atoms in total. The van der Waals surface area contributed by atoms with Crippen molar-refractivity contribution in [3.8, 4) is 11.3 Å². The lowest BCUT2D eigenvalue weighted by Gasteiger charge is -2.21. The van der Waals surface area contributed by atoms with Crippen LogP contribution < -0.4 is 5.32 Å². The van der Waals surface area contributed by atoms with Gasteiger partial charge < -0.3 is 5.32 Å². The number of aromatic nitrogens is 2. The fourth-order valence-electron chi connectivity index (χ4n) is 2.71. The predicted molar refractivity (Wildman–Crippen MR) is 81.7 cm³/mol. The van der Waals surface area contributed by atoms with E-state index in [4.69, 9.17) is 4.98 Å². The Morgan fingerprint density at radius 2 is 2.05 bits per heavy atom. The zero-order valence-electron chi connectivity index (χ0n) is 12.0. The maximum Gasteiger partial charge on any atom is 0.133 e. The van der Waals surface area contributed by atoms with Gasteiger partial charge in [0.1, 0.15) is 5.82 Å². The van der Waals surface area contributed by atoms with Crippen LogP contribution in [0.4, 0.5) is 0 Å². The molecular formula is C17H21N3. The molecule has 1 aromatic carbocycles. The van der Waals surface area contributed by atoms with Crippen molar-refractivity contribution in [3.63, 3.8) is 0 Å². The molecule has 1 aliphatic rings. The van der Waals surface area contributed by atoms with Gasteiger partial charge in [-0.1, -0.05) is 31.2 Å². The third-order valence-electron chi connectivity index (χ3n) is 3.99. The topological polar surface area (TPSA) is 37.8 Å². The smallest absolute Gasteiger partial charge is 0.133 e. The molecule has 104 valence electrons. The molecule has 1 aliphatic heterocycles. The summed E-state index contributed by atoms with van der Waals surface area (Å²) in [6, 6.07) is 10.7. The van der Waals surface area contributed by atoms with Gasteiger partial charge in [0.15, 0.2) is 0 Å². The van der Waals surface area contributed by atoms with E-state index in [0.29, 0.717) is 5.92 Å². The summed E-state index contributed by atoms with van der Waals surface area (Å²) in [6.45, 7) is 4.29. The number of benzene rings is 1. The van der Waals surface area contributed by atoms with Crippen LogP contribution in [0, 0.1) is 0 Å². The van der Waals surface area contributed by atoms with Gasteiger partial charge in [-0.25, -0.2) is 9.97 Å². The standard InChI is InChI=1S/C17H21N3/c1-2-13-5-7-14(8-6-13)16-9-11-19-17(20-16)15-4-3-10-18-12-15/h5-9,11,15,18H,2-4,10,12H2,1H3. The quantitative estimate of drug-likeness (QED) is 0.928. The van der Waals surface area contributed by atoms with E-state index in [9.17, 15) is 0 Å². The van der Waals surface area contributed by atoms with Crippen molar-refractivity contribution in [2.24, 2.45) is 0 Å². The highest BCUT2D eigenvalue weighted by molar-refractivity contribution is 5.59. The van der Waals surface area contributed by atoms with Gasteiger partial charge in [0, 0.05) is 24.2 Å². The zero-order valence-corrected chi connectivity index (χ0v) is 12.0. The summed E-state index contributed by atoms with van der Waals surface area (Å²) in [6.07, 6.45) is 5.36. The van der Waals surface area contributed by atoms with Gasteiger partial charge in [-0.3, -0.25) is 0 Å². The van der Waals surface area contributed by atoms with E-state index >= 15 is 0 Å². The molecular weight excluding hydrogens is 246 g/mol. The van der Waals surface area contributed by atoms with Crippen LogP contribution in [0.15, 0.2) is 36.5 Å². The molecule has 0 spiro atoms. The first kappa shape index (κ1) is 13.3. The van der Waals surface area contributed by atoms with Gasteiger partial charge in [-0.05, 0) is 37.4 Å². The second-order valence-electron chi connectivity index (χ2n) is 5.39. The molecule has 1 N–H and O–H groups in total. The molecule has 2 heterocycles. The fourth-order valence-corrected chi connectivity index (χ4v) is 2.71. The minimum atomic E-state index is 0.457. The highest BCUT2D eigenvalue weighted by Crippen LogP contribution is 2.23. The van der Waals surface area contributed by atoms with Gasteiger partial charge in [-0.15, -0.1) is 0 Å². The number of hydrogen-bond acceptors (Lipinski definition) is 3. The van der Waals surface area contributed by atoms with Crippen molar-refractivity contribution in [2.45, 2.75) is 32.1 Å². The molecule has 2 aromatic rings. The van der Waals surface area contributed by atoms with Crippen LogP contribution in [-0.2, 0) is 6.42 Å². The maximum absolute atomic E-state index is 4.77. The monoisotopic (exact) mass is 267 g/mol. The largest absolute Gasteiger partial charge is 0.316 e. The van der Waals surface area contributed by atoms with Crippen LogP contribution >= 0.6 is 0 Å². The molecule has 0 bridgehead atoms. The lowest BCUT2D eigenvalue weighted by Crippen LogP contribution is -2.29. The van der Waals surface area contributed by atoms with E-state index < -0.39 is 0 Å². The average Bonchev–Trinajstić information content (AvgIpc) is 2.56. The second kappa shape index (κ2) is 6.14. The SMILES string of the molecule is CCc1ccc(-c2ccnc(C3CCCNC3)n2)cc1. The van der Waals surface area contributed by atoms with Gasteiger partial charge in [-0.2, -0.15) is 0 Å². The van der Waals surface area contributed by atoms with E-state index in [1.165, 1.54) is 24.0 Å². The summed E-state index contributed by atoms with van der Waals surface area (Å²) in [7, 11) is 0. The molecule has 3 heteroatoms. The van der Waals surface area contributed by atoms with Crippen molar-refractivity contribution in [1.29, 1.82) is 0 Å². The minimum absolute atomic E-state index is 0.457. The maximum atomic E-state index is 4.77. The minimum Gasteiger partial charge on any atom is -0.316 e. The van der Waals surface area contributed by atoms with Gasteiger partial charge >= 0.3 is 0 Å². The second-order valence-corrected chi connectivity index (χ2v) is 5.39. The number of aryl methyl sites for hydroxylation is 1. The number of hydrogen-bond donors (Lipinski definition) is 1. The molecule has 20 heavy (non-hydrogen) atoms. The van der Waals surface area contributed by atoms with Crippen LogP contribution in [0.5, 0.6) is 0 Å². The average molecular weight is 267 g/mol. The fraction of sp³-hybridized carbons (Fsp3) is 0.412. The number of nitrogens with zero attached hydrogens (tertiary/aromatic N) is 2. The first-order valence-electron chi connectivity index (χ1n) is 7.50. The van der Waals surface area contributed by atoms with E-state index in [-0.39, 0.29) is 0 Å².